The molecule has 1 aliphatic heterocycles. The number of nitrogens with zero attached hydrogens (tertiary/aromatic N) is 3. The Morgan fingerprint density at radius 3 is 2.02 bits per heavy atom. The summed E-state index contributed by atoms with van der Waals surface area (Å²) < 4.78 is 66.8. The zero-order valence-corrected chi connectivity index (χ0v) is 29.1. The van der Waals surface area contributed by atoms with Crippen LogP contribution in [0, 0.1) is 0 Å². The fourth-order valence-electron chi connectivity index (χ4n) is 6.77. The minimum atomic E-state index is -4.57. The van der Waals surface area contributed by atoms with Crippen LogP contribution in [0.4, 0.5) is 18.0 Å². The van der Waals surface area contributed by atoms with Gasteiger partial charge in [0.15, 0.2) is 9.84 Å². The first-order valence-corrected chi connectivity index (χ1v) is 17.7. The van der Waals surface area contributed by atoms with Gasteiger partial charge in [-0.1, -0.05) is 23.7 Å². The average Bonchev–Trinajstić information content (AvgIpc) is 3.00. The number of sulfone groups is 1. The lowest BCUT2D eigenvalue weighted by Gasteiger charge is -2.45. The summed E-state index contributed by atoms with van der Waals surface area (Å²) in [6.07, 6.45) is 0.258. The van der Waals surface area contributed by atoms with E-state index in [2.05, 4.69) is 15.2 Å². The number of isocyanates is 1. The lowest BCUT2D eigenvalue weighted by molar-refractivity contribution is -0.137. The first-order valence-electron chi connectivity index (χ1n) is 15.9. The molecule has 0 radical (unpaired) electrons. The van der Waals surface area contributed by atoms with Gasteiger partial charge in [-0.25, -0.2) is 18.0 Å². The van der Waals surface area contributed by atoms with E-state index >= 15 is 0 Å². The number of likely N-dealkylation sites (tertiary alicyclic amines) is 1. The molecule has 2 aromatic carbocycles. The summed E-state index contributed by atoms with van der Waals surface area (Å²) >= 11 is 6.13. The average molecular weight is 697 g/mol. The molecule has 2 aliphatic rings. The van der Waals surface area contributed by atoms with Gasteiger partial charge in [-0.05, 0) is 115 Å². The van der Waals surface area contributed by atoms with Crippen LogP contribution in [0.5, 0.6) is 0 Å². The third-order valence-electron chi connectivity index (χ3n) is 9.46. The largest absolute Gasteiger partial charge is 0.416 e. The fraction of sp³-hybridized carbons (Fsp3) is 0.588. The molecule has 2 fully saturated rings. The standard InChI is InChI=1S/C34H44ClF3N4O4S/c1-31(2,3)42(22-32(4,5)39-23-43)30(44)40-27-16-20-41(21-17-27)28-14-18-33(19-15-28,24-6-10-26(35)11-7-24)47(45,46)29-12-8-25(9-13-29)34(36,37)38/h6-13,27-28H,14-22H2,1-5H3,(H,40,44). The molecule has 0 aromatic heterocycles. The van der Waals surface area contributed by atoms with Crippen LogP contribution < -0.4 is 5.32 Å². The number of urea groups is 1. The summed E-state index contributed by atoms with van der Waals surface area (Å²) in [5.74, 6) is 0. The third kappa shape index (κ3) is 8.39. The molecule has 0 bridgehead atoms. The number of hydrogen-bond acceptors (Lipinski definition) is 6. The van der Waals surface area contributed by atoms with Gasteiger partial charge in [0.25, 0.3) is 0 Å². The molecular formula is C34H44ClF3N4O4S. The first-order chi connectivity index (χ1) is 21.8. The van der Waals surface area contributed by atoms with Crippen molar-refractivity contribution in [2.45, 2.75) is 112 Å². The van der Waals surface area contributed by atoms with Crippen LogP contribution >= 0.6 is 11.6 Å². The van der Waals surface area contributed by atoms with Crippen LogP contribution in [-0.2, 0) is 25.6 Å². The van der Waals surface area contributed by atoms with Crippen LogP contribution in [0.3, 0.4) is 0 Å². The molecule has 13 heteroatoms. The smallest absolute Gasteiger partial charge is 0.335 e. The number of hydrogen-bond donors (Lipinski definition) is 1. The molecule has 4 rings (SSSR count). The quantitative estimate of drug-likeness (QED) is 0.230. The molecule has 1 saturated carbocycles. The third-order valence-corrected chi connectivity index (χ3v) is 12.3. The number of nitrogens with one attached hydrogen (secondary N) is 1. The fourth-order valence-corrected chi connectivity index (χ4v) is 9.06. The topological polar surface area (TPSA) is 99.2 Å². The second-order valence-electron chi connectivity index (χ2n) is 14.3. The van der Waals surface area contributed by atoms with Crippen molar-refractivity contribution in [2.24, 2.45) is 4.99 Å². The van der Waals surface area contributed by atoms with Gasteiger partial charge in [-0.3, -0.25) is 0 Å². The summed E-state index contributed by atoms with van der Waals surface area (Å²) in [6.45, 7) is 11.1. The monoisotopic (exact) mass is 696 g/mol. The summed E-state index contributed by atoms with van der Waals surface area (Å²) in [4.78, 5) is 32.0. The van der Waals surface area contributed by atoms with E-state index in [1.807, 2.05) is 20.8 Å². The van der Waals surface area contributed by atoms with Gasteiger partial charge >= 0.3 is 12.2 Å². The molecular weight excluding hydrogens is 653 g/mol. The van der Waals surface area contributed by atoms with Crippen molar-refractivity contribution in [2.75, 3.05) is 19.6 Å². The minimum Gasteiger partial charge on any atom is -0.335 e. The van der Waals surface area contributed by atoms with Crippen molar-refractivity contribution in [3.63, 3.8) is 0 Å². The van der Waals surface area contributed by atoms with E-state index in [0.29, 0.717) is 36.3 Å². The summed E-state index contributed by atoms with van der Waals surface area (Å²) in [7, 11) is -4.07. The molecule has 2 amide bonds. The van der Waals surface area contributed by atoms with E-state index in [0.717, 1.165) is 50.2 Å². The Kier molecular flexibility index (Phi) is 10.9. The van der Waals surface area contributed by atoms with Crippen LogP contribution in [0.1, 0.15) is 84.3 Å². The predicted octanol–water partition coefficient (Wildman–Crippen LogP) is 7.36. The van der Waals surface area contributed by atoms with E-state index in [9.17, 15) is 31.2 Å². The lowest BCUT2D eigenvalue weighted by Crippen LogP contribution is -2.58. The maximum Gasteiger partial charge on any atom is 0.416 e. The predicted molar refractivity (Wildman–Crippen MR) is 176 cm³/mol. The van der Waals surface area contributed by atoms with Crippen molar-refractivity contribution < 1.29 is 31.2 Å². The molecule has 1 N–H and O–H groups in total. The summed E-state index contributed by atoms with van der Waals surface area (Å²) in [5.41, 5.74) is -1.60. The lowest BCUT2D eigenvalue weighted by atomic mass is 9.80. The molecule has 47 heavy (non-hydrogen) atoms. The van der Waals surface area contributed by atoms with Gasteiger partial charge in [0.05, 0.1) is 16.0 Å². The van der Waals surface area contributed by atoms with Crippen molar-refractivity contribution in [3.05, 3.63) is 64.7 Å². The van der Waals surface area contributed by atoms with Gasteiger partial charge in [0, 0.05) is 42.3 Å². The van der Waals surface area contributed by atoms with Crippen molar-refractivity contribution in [3.8, 4) is 0 Å². The molecule has 0 atom stereocenters. The maximum atomic E-state index is 14.2. The second-order valence-corrected chi connectivity index (χ2v) is 17.0. The van der Waals surface area contributed by atoms with Crippen LogP contribution in [0.2, 0.25) is 5.02 Å². The Bertz CT molecular complexity index is 1550. The van der Waals surface area contributed by atoms with Crippen LogP contribution in [0.25, 0.3) is 0 Å². The van der Waals surface area contributed by atoms with Crippen LogP contribution in [-0.4, -0.2) is 73.1 Å². The van der Waals surface area contributed by atoms with E-state index in [4.69, 9.17) is 11.6 Å². The summed E-state index contributed by atoms with van der Waals surface area (Å²) in [5, 5.41) is 3.63. The number of carbonyl (C=O) groups is 1. The van der Waals surface area contributed by atoms with Gasteiger partial charge < -0.3 is 15.1 Å². The Morgan fingerprint density at radius 1 is 0.979 bits per heavy atom. The zero-order chi connectivity index (χ0) is 34.8. The first kappa shape index (κ1) is 36.9. The number of aliphatic imine (C=N–C) groups is 1. The highest BCUT2D eigenvalue weighted by Gasteiger charge is 2.49. The number of piperidine rings is 1. The Balaban J connectivity index is 1.45. The van der Waals surface area contributed by atoms with Crippen LogP contribution in [0.15, 0.2) is 58.4 Å². The highest BCUT2D eigenvalue weighted by atomic mass is 35.5. The van der Waals surface area contributed by atoms with Crippen molar-refractivity contribution in [1.29, 1.82) is 0 Å². The number of carbonyl (C=O) groups excluding carboxylic acids is 2. The van der Waals surface area contributed by atoms with Gasteiger partial charge in [0.2, 0.25) is 6.08 Å². The SMILES string of the molecule is CC(C)(CN(C(=O)NC1CCN(C2CCC(c3ccc(Cl)cc3)(S(=O)(=O)c3ccc(C(F)(F)F)cc3)CC2)CC1)C(C)(C)C)N=C=O. The highest BCUT2D eigenvalue weighted by Crippen LogP contribution is 2.48. The van der Waals surface area contributed by atoms with Crippen molar-refractivity contribution >= 4 is 33.5 Å². The number of benzene rings is 2. The molecule has 1 heterocycles. The van der Waals surface area contributed by atoms with E-state index < -0.39 is 37.4 Å². The minimum absolute atomic E-state index is 0.0434. The Morgan fingerprint density at radius 2 is 1.53 bits per heavy atom. The van der Waals surface area contributed by atoms with Gasteiger partial charge in [-0.2, -0.15) is 18.2 Å². The molecule has 1 saturated heterocycles. The van der Waals surface area contributed by atoms with E-state index in [1.165, 1.54) is 0 Å². The van der Waals surface area contributed by atoms with Crippen molar-refractivity contribution in [1.82, 2.24) is 15.1 Å². The molecule has 1 aliphatic carbocycles. The van der Waals surface area contributed by atoms with E-state index in [1.54, 1.807) is 49.1 Å². The van der Waals surface area contributed by atoms with Gasteiger partial charge in [0.1, 0.15) is 4.75 Å². The molecule has 2 aromatic rings. The normalized spacial score (nSPS) is 21.9. The Hall–Kier alpha value is -2.92. The number of alkyl halides is 3. The molecule has 8 nitrogen and oxygen atoms in total. The molecule has 0 unspecified atom stereocenters. The molecule has 0 spiro atoms. The van der Waals surface area contributed by atoms with E-state index in [-0.39, 0.29) is 29.6 Å². The number of halogens is 4. The molecule has 258 valence electrons. The maximum absolute atomic E-state index is 14.2. The summed E-state index contributed by atoms with van der Waals surface area (Å²) in [6, 6.07) is 10.3. The second kappa shape index (κ2) is 13.9. The number of amides is 2. The van der Waals surface area contributed by atoms with Gasteiger partial charge in [-0.15, -0.1) is 0 Å². The number of rotatable bonds is 8. The zero-order valence-electron chi connectivity index (χ0n) is 27.5. The highest BCUT2D eigenvalue weighted by molar-refractivity contribution is 7.92. The Labute approximate surface area is 280 Å².